The Morgan fingerprint density at radius 3 is 2.39 bits per heavy atom. The second-order valence-corrected chi connectivity index (χ2v) is 12.7. The summed E-state index contributed by atoms with van der Waals surface area (Å²) < 4.78 is 5.39. The summed E-state index contributed by atoms with van der Waals surface area (Å²) in [4.78, 5) is 5.98. The maximum Gasteiger partial charge on any atom is 0.203 e. The largest absolute Gasteiger partial charge is 0.269 e. The number of thiazole rings is 1. The summed E-state index contributed by atoms with van der Waals surface area (Å²) in [7, 11) is 0. The number of aromatic nitrogens is 4. The number of benzene rings is 2. The first kappa shape index (κ1) is 20.9. The number of rotatable bonds is 4. The topological polar surface area (TPSA) is 43.6 Å². The predicted octanol–water partition coefficient (Wildman–Crippen LogP) is 7.82. The van der Waals surface area contributed by atoms with Crippen LogP contribution in [0.5, 0.6) is 0 Å². The highest BCUT2D eigenvalue weighted by molar-refractivity contribution is 9.11. The summed E-state index contributed by atoms with van der Waals surface area (Å²) in [5.74, 6) is 0.849. The predicted molar refractivity (Wildman–Crippen MR) is 135 cm³/mol. The van der Waals surface area contributed by atoms with Crippen molar-refractivity contribution >= 4 is 60.5 Å². The Hall–Kier alpha value is -2.00. The molecule has 4 nitrogen and oxygen atoms in total. The highest BCUT2D eigenvalue weighted by atomic mass is 79.9. The lowest BCUT2D eigenvalue weighted by molar-refractivity contribution is 0.566. The van der Waals surface area contributed by atoms with Gasteiger partial charge in [0.2, 0.25) is 5.16 Å². The van der Waals surface area contributed by atoms with Gasteiger partial charge in [0.15, 0.2) is 10.2 Å². The molecule has 3 heterocycles. The Balaban J connectivity index is 1.62. The molecule has 0 aliphatic heterocycles. The highest BCUT2D eigenvalue weighted by Gasteiger charge is 2.24. The van der Waals surface area contributed by atoms with E-state index < -0.39 is 0 Å². The normalized spacial score (nSPS) is 12.0. The van der Waals surface area contributed by atoms with Crippen molar-refractivity contribution in [1.82, 2.24) is 19.7 Å². The molecular weight excluding hydrogens is 508 g/mol. The Labute approximate surface area is 201 Å². The van der Waals surface area contributed by atoms with Crippen molar-refractivity contribution < 1.29 is 0 Å². The molecule has 0 amide bonds. The first-order valence-corrected chi connectivity index (χ1v) is 13.0. The molecule has 0 saturated heterocycles. The molecule has 5 aromatic rings. The maximum atomic E-state index is 4.88. The van der Waals surface area contributed by atoms with E-state index >= 15 is 0 Å². The second kappa shape index (κ2) is 8.16. The molecule has 0 atom stereocenters. The lowest BCUT2D eigenvalue weighted by Gasteiger charge is -2.15. The third-order valence-corrected chi connectivity index (χ3v) is 8.57. The molecule has 2 aromatic carbocycles. The van der Waals surface area contributed by atoms with Crippen LogP contribution in [0.15, 0.2) is 73.9 Å². The van der Waals surface area contributed by atoms with E-state index in [2.05, 4.69) is 93.9 Å². The molecule has 0 N–H and O–H groups in total. The van der Waals surface area contributed by atoms with Crippen LogP contribution >= 0.6 is 50.4 Å². The quantitative estimate of drug-likeness (QED) is 0.239. The van der Waals surface area contributed by atoms with Crippen LogP contribution in [-0.4, -0.2) is 19.7 Å². The third kappa shape index (κ3) is 4.09. The van der Waals surface area contributed by atoms with Gasteiger partial charge in [0.05, 0.1) is 14.4 Å². The molecule has 0 spiro atoms. The smallest absolute Gasteiger partial charge is 0.203 e. The zero-order valence-electron chi connectivity index (χ0n) is 17.2. The Bertz CT molecular complexity index is 1330. The molecular formula is C23H19BrN4S3. The summed E-state index contributed by atoms with van der Waals surface area (Å²) in [6, 6.07) is 20.9. The van der Waals surface area contributed by atoms with E-state index in [-0.39, 0.29) is 5.41 Å². The van der Waals surface area contributed by atoms with Crippen molar-refractivity contribution in [2.24, 2.45) is 0 Å². The van der Waals surface area contributed by atoms with Crippen LogP contribution in [0.1, 0.15) is 26.5 Å². The molecule has 8 heteroatoms. The van der Waals surface area contributed by atoms with Crippen LogP contribution in [0.25, 0.3) is 26.5 Å². The first-order valence-electron chi connectivity index (χ1n) is 9.74. The molecule has 0 fully saturated rings. The summed E-state index contributed by atoms with van der Waals surface area (Å²) in [5.41, 5.74) is 2.08. The van der Waals surface area contributed by atoms with E-state index in [1.54, 1.807) is 34.4 Å². The molecule has 31 heavy (non-hydrogen) atoms. The molecule has 156 valence electrons. The number of halogens is 1. The number of para-hydroxylation sites is 1. The van der Waals surface area contributed by atoms with Crippen LogP contribution in [0.2, 0.25) is 0 Å². The lowest BCUT2D eigenvalue weighted by atomic mass is 9.93. The van der Waals surface area contributed by atoms with Crippen LogP contribution in [0.3, 0.4) is 0 Å². The fraction of sp³-hybridized carbons (Fsp3) is 0.174. The molecule has 0 aliphatic carbocycles. The molecule has 0 saturated carbocycles. The Kier molecular flexibility index (Phi) is 5.50. The van der Waals surface area contributed by atoms with E-state index in [0.29, 0.717) is 0 Å². The van der Waals surface area contributed by atoms with Gasteiger partial charge in [-0.15, -0.1) is 21.5 Å². The van der Waals surface area contributed by atoms with Gasteiger partial charge in [-0.05, 0) is 57.3 Å². The van der Waals surface area contributed by atoms with E-state index in [1.807, 2.05) is 18.2 Å². The fourth-order valence-corrected chi connectivity index (χ4v) is 7.80. The first-order chi connectivity index (χ1) is 14.9. The van der Waals surface area contributed by atoms with Crippen molar-refractivity contribution in [1.29, 1.82) is 0 Å². The van der Waals surface area contributed by atoms with Gasteiger partial charge in [-0.3, -0.25) is 4.57 Å². The van der Waals surface area contributed by atoms with E-state index in [0.717, 1.165) is 35.4 Å². The highest BCUT2D eigenvalue weighted by Crippen LogP contribution is 2.41. The van der Waals surface area contributed by atoms with Gasteiger partial charge >= 0.3 is 0 Å². The minimum absolute atomic E-state index is 0.0243. The average molecular weight is 528 g/mol. The molecule has 0 radical (unpaired) electrons. The summed E-state index contributed by atoms with van der Waals surface area (Å²) in [6.07, 6.45) is 0. The van der Waals surface area contributed by atoms with Crippen molar-refractivity contribution in [3.8, 4) is 16.4 Å². The zero-order chi connectivity index (χ0) is 21.6. The number of thiophene rings is 1. The van der Waals surface area contributed by atoms with Gasteiger partial charge in [-0.1, -0.05) is 68.5 Å². The minimum Gasteiger partial charge on any atom is -0.269 e. The fourth-order valence-electron chi connectivity index (χ4n) is 3.26. The summed E-state index contributed by atoms with van der Waals surface area (Å²) >= 11 is 8.62. The zero-order valence-corrected chi connectivity index (χ0v) is 21.2. The van der Waals surface area contributed by atoms with Crippen LogP contribution in [0.4, 0.5) is 0 Å². The lowest BCUT2D eigenvalue weighted by Crippen LogP contribution is -2.12. The van der Waals surface area contributed by atoms with Crippen molar-refractivity contribution in [3.05, 3.63) is 70.1 Å². The van der Waals surface area contributed by atoms with E-state index in [1.165, 1.54) is 10.1 Å². The van der Waals surface area contributed by atoms with E-state index in [9.17, 15) is 0 Å². The second-order valence-electron chi connectivity index (χ2n) is 8.08. The van der Waals surface area contributed by atoms with Gasteiger partial charge in [-0.25, -0.2) is 4.98 Å². The van der Waals surface area contributed by atoms with E-state index in [4.69, 9.17) is 4.98 Å². The maximum absolute atomic E-state index is 4.88. The third-order valence-electron chi connectivity index (χ3n) is 4.75. The van der Waals surface area contributed by atoms with Crippen LogP contribution < -0.4 is 0 Å². The SMILES string of the molecule is CC(C)(C)c1nc(Sc2nnc(-c3cc4ccccc4s3)n2-c2ccccc2)sc1Br. The molecule has 0 aliphatic rings. The van der Waals surface area contributed by atoms with Gasteiger partial charge in [-0.2, -0.15) is 0 Å². The van der Waals surface area contributed by atoms with Gasteiger partial charge < -0.3 is 0 Å². The summed E-state index contributed by atoms with van der Waals surface area (Å²) in [6.45, 7) is 6.52. The Morgan fingerprint density at radius 2 is 1.68 bits per heavy atom. The average Bonchev–Trinajstić information content (AvgIpc) is 3.44. The Morgan fingerprint density at radius 1 is 0.935 bits per heavy atom. The van der Waals surface area contributed by atoms with Crippen molar-refractivity contribution in [2.75, 3.05) is 0 Å². The monoisotopic (exact) mass is 526 g/mol. The van der Waals surface area contributed by atoms with Crippen molar-refractivity contribution in [2.45, 2.75) is 35.7 Å². The molecule has 0 bridgehead atoms. The van der Waals surface area contributed by atoms with Crippen LogP contribution in [0, 0.1) is 0 Å². The van der Waals surface area contributed by atoms with Gasteiger partial charge in [0.1, 0.15) is 0 Å². The molecule has 3 aromatic heterocycles. The minimum atomic E-state index is -0.0243. The standard InChI is InChI=1S/C23H19BrN4S3/c1-23(2,3)18-19(24)30-22(25-18)31-21-27-26-20(28(21)15-10-5-4-6-11-15)17-13-14-9-7-8-12-16(14)29-17/h4-13H,1-3H3. The van der Waals surface area contributed by atoms with Crippen LogP contribution in [-0.2, 0) is 5.41 Å². The van der Waals surface area contributed by atoms with Gasteiger partial charge in [0.25, 0.3) is 0 Å². The number of hydrogen-bond donors (Lipinski definition) is 0. The number of fused-ring (bicyclic) bond motifs is 1. The summed E-state index contributed by atoms with van der Waals surface area (Å²) in [5, 5.41) is 11.2. The van der Waals surface area contributed by atoms with Crippen molar-refractivity contribution in [3.63, 3.8) is 0 Å². The number of hydrogen-bond acceptors (Lipinski definition) is 6. The van der Waals surface area contributed by atoms with Gasteiger partial charge in [0, 0.05) is 15.8 Å². The molecule has 0 unspecified atom stereocenters. The number of nitrogens with zero attached hydrogens (tertiary/aromatic N) is 4. The molecule has 5 rings (SSSR count).